The summed E-state index contributed by atoms with van der Waals surface area (Å²) in [5, 5.41) is 10.6. The average molecular weight is 234 g/mol. The third kappa shape index (κ3) is 1.65. The average Bonchev–Trinajstić information content (AvgIpc) is 2.89. The normalized spacial score (nSPS) is 20.4. The highest BCUT2D eigenvalue weighted by atomic mass is 32.1. The lowest BCUT2D eigenvalue weighted by atomic mass is 10.0. The van der Waals surface area contributed by atoms with Crippen LogP contribution in [0, 0.1) is 5.92 Å². The van der Waals surface area contributed by atoms with E-state index in [0.717, 1.165) is 36.2 Å². The van der Waals surface area contributed by atoms with Crippen LogP contribution in [0.3, 0.4) is 0 Å². The van der Waals surface area contributed by atoms with E-state index < -0.39 is 0 Å². The van der Waals surface area contributed by atoms with Crippen LogP contribution in [-0.2, 0) is 13.0 Å². The summed E-state index contributed by atoms with van der Waals surface area (Å²) < 4.78 is 2.23. The first kappa shape index (κ1) is 9.96. The van der Waals surface area contributed by atoms with Crippen LogP contribution in [0.15, 0.2) is 10.9 Å². The van der Waals surface area contributed by atoms with Crippen molar-refractivity contribution < 1.29 is 0 Å². The smallest absolute Gasteiger partial charge is 0.183 e. The molecule has 5 heteroatoms. The summed E-state index contributed by atoms with van der Waals surface area (Å²) in [6, 6.07) is 0. The predicted molar refractivity (Wildman–Crippen MR) is 63.2 cm³/mol. The van der Waals surface area contributed by atoms with Crippen molar-refractivity contribution in [3.63, 3.8) is 0 Å². The van der Waals surface area contributed by atoms with Gasteiger partial charge in [-0.25, -0.2) is 4.98 Å². The molecule has 2 aromatic rings. The van der Waals surface area contributed by atoms with E-state index >= 15 is 0 Å². The SMILES string of the molecule is CC1CCc2nnc(-c3cscn3)n2CC1. The van der Waals surface area contributed by atoms with Crippen LogP contribution in [0.1, 0.15) is 25.6 Å². The summed E-state index contributed by atoms with van der Waals surface area (Å²) in [6.07, 6.45) is 3.47. The van der Waals surface area contributed by atoms with Gasteiger partial charge in [-0.2, -0.15) is 0 Å². The molecule has 0 aromatic carbocycles. The number of hydrogen-bond acceptors (Lipinski definition) is 4. The molecule has 0 bridgehead atoms. The zero-order valence-electron chi connectivity index (χ0n) is 9.26. The summed E-state index contributed by atoms with van der Waals surface area (Å²) in [6.45, 7) is 3.33. The van der Waals surface area contributed by atoms with Gasteiger partial charge >= 0.3 is 0 Å². The van der Waals surface area contributed by atoms with Gasteiger partial charge < -0.3 is 4.57 Å². The number of nitrogens with zero attached hydrogens (tertiary/aromatic N) is 4. The second-order valence-electron chi connectivity index (χ2n) is 4.40. The molecule has 0 amide bonds. The number of aromatic nitrogens is 4. The van der Waals surface area contributed by atoms with Crippen molar-refractivity contribution in [3.05, 3.63) is 16.7 Å². The van der Waals surface area contributed by atoms with E-state index in [1.165, 1.54) is 12.8 Å². The van der Waals surface area contributed by atoms with Crippen molar-refractivity contribution in [1.29, 1.82) is 0 Å². The molecular formula is C11H14N4S. The Labute approximate surface area is 98.4 Å². The number of rotatable bonds is 1. The molecule has 1 unspecified atom stereocenters. The molecule has 1 aliphatic rings. The van der Waals surface area contributed by atoms with E-state index in [0.29, 0.717) is 0 Å². The fraction of sp³-hybridized carbons (Fsp3) is 0.545. The Hall–Kier alpha value is -1.23. The van der Waals surface area contributed by atoms with Crippen LogP contribution in [-0.4, -0.2) is 19.7 Å². The van der Waals surface area contributed by atoms with Gasteiger partial charge in [-0.15, -0.1) is 21.5 Å². The molecule has 0 saturated heterocycles. The maximum atomic E-state index is 4.31. The van der Waals surface area contributed by atoms with E-state index in [1.807, 2.05) is 10.9 Å². The summed E-state index contributed by atoms with van der Waals surface area (Å²) in [5.74, 6) is 2.84. The Kier molecular flexibility index (Phi) is 2.47. The monoisotopic (exact) mass is 234 g/mol. The molecule has 84 valence electrons. The molecule has 1 atom stereocenters. The first-order valence-corrected chi connectivity index (χ1v) is 6.59. The Bertz CT molecular complexity index is 474. The molecule has 0 fully saturated rings. The predicted octanol–water partition coefficient (Wildman–Crippen LogP) is 2.37. The zero-order chi connectivity index (χ0) is 11.0. The maximum Gasteiger partial charge on any atom is 0.183 e. The largest absolute Gasteiger partial charge is 0.310 e. The highest BCUT2D eigenvalue weighted by Crippen LogP contribution is 2.24. The molecular weight excluding hydrogens is 220 g/mol. The van der Waals surface area contributed by atoms with Crippen molar-refractivity contribution in [2.75, 3.05) is 0 Å². The van der Waals surface area contributed by atoms with E-state index in [2.05, 4.69) is 26.7 Å². The fourth-order valence-corrected chi connectivity index (χ4v) is 2.67. The first-order chi connectivity index (χ1) is 7.84. The minimum absolute atomic E-state index is 0.782. The lowest BCUT2D eigenvalue weighted by Crippen LogP contribution is -2.03. The summed E-state index contributed by atoms with van der Waals surface area (Å²) in [5.41, 5.74) is 2.80. The molecule has 2 aromatic heterocycles. The van der Waals surface area contributed by atoms with Gasteiger partial charge in [-0.3, -0.25) is 0 Å². The third-order valence-corrected chi connectivity index (χ3v) is 3.78. The van der Waals surface area contributed by atoms with Gasteiger partial charge in [0.05, 0.1) is 5.51 Å². The highest BCUT2D eigenvalue weighted by Gasteiger charge is 2.19. The van der Waals surface area contributed by atoms with E-state index in [-0.39, 0.29) is 0 Å². The molecule has 4 nitrogen and oxygen atoms in total. The molecule has 16 heavy (non-hydrogen) atoms. The van der Waals surface area contributed by atoms with Crippen LogP contribution < -0.4 is 0 Å². The minimum atomic E-state index is 0.782. The minimum Gasteiger partial charge on any atom is -0.310 e. The van der Waals surface area contributed by atoms with Gasteiger partial charge in [0.15, 0.2) is 5.82 Å². The van der Waals surface area contributed by atoms with Gasteiger partial charge in [0.2, 0.25) is 0 Å². The lowest BCUT2D eigenvalue weighted by Gasteiger charge is -2.06. The number of fused-ring (bicyclic) bond motifs is 1. The van der Waals surface area contributed by atoms with Crippen LogP contribution in [0.4, 0.5) is 0 Å². The molecule has 0 saturated carbocycles. The topological polar surface area (TPSA) is 43.6 Å². The molecule has 0 aliphatic carbocycles. The van der Waals surface area contributed by atoms with Crippen molar-refractivity contribution in [3.8, 4) is 11.5 Å². The maximum absolute atomic E-state index is 4.31. The summed E-state index contributed by atoms with van der Waals surface area (Å²) in [7, 11) is 0. The highest BCUT2D eigenvalue weighted by molar-refractivity contribution is 7.07. The quantitative estimate of drug-likeness (QED) is 0.761. The second-order valence-corrected chi connectivity index (χ2v) is 5.12. The van der Waals surface area contributed by atoms with Crippen LogP contribution in [0.5, 0.6) is 0 Å². The Morgan fingerprint density at radius 1 is 1.38 bits per heavy atom. The summed E-state index contributed by atoms with van der Waals surface area (Å²) in [4.78, 5) is 4.31. The van der Waals surface area contributed by atoms with Crippen molar-refractivity contribution in [2.45, 2.75) is 32.7 Å². The van der Waals surface area contributed by atoms with E-state index in [4.69, 9.17) is 0 Å². The van der Waals surface area contributed by atoms with Gasteiger partial charge in [-0.05, 0) is 18.8 Å². The number of hydrogen-bond donors (Lipinski definition) is 0. The van der Waals surface area contributed by atoms with Gasteiger partial charge in [0, 0.05) is 18.3 Å². The molecule has 1 aliphatic heterocycles. The Morgan fingerprint density at radius 2 is 2.31 bits per heavy atom. The lowest BCUT2D eigenvalue weighted by molar-refractivity contribution is 0.486. The third-order valence-electron chi connectivity index (χ3n) is 3.20. The molecule has 0 radical (unpaired) electrons. The van der Waals surface area contributed by atoms with Crippen molar-refractivity contribution >= 4 is 11.3 Å². The van der Waals surface area contributed by atoms with Crippen LogP contribution in [0.25, 0.3) is 11.5 Å². The van der Waals surface area contributed by atoms with Gasteiger partial charge in [0.1, 0.15) is 11.5 Å². The Morgan fingerprint density at radius 3 is 3.12 bits per heavy atom. The molecule has 0 spiro atoms. The van der Waals surface area contributed by atoms with Crippen molar-refractivity contribution in [1.82, 2.24) is 19.7 Å². The second kappa shape index (κ2) is 3.97. The fourth-order valence-electron chi connectivity index (χ4n) is 2.14. The van der Waals surface area contributed by atoms with Crippen LogP contribution >= 0.6 is 11.3 Å². The number of thiazole rings is 1. The van der Waals surface area contributed by atoms with E-state index in [9.17, 15) is 0 Å². The van der Waals surface area contributed by atoms with Crippen molar-refractivity contribution in [2.24, 2.45) is 5.92 Å². The first-order valence-electron chi connectivity index (χ1n) is 5.65. The summed E-state index contributed by atoms with van der Waals surface area (Å²) >= 11 is 1.60. The Balaban J connectivity index is 2.01. The molecule has 3 heterocycles. The zero-order valence-corrected chi connectivity index (χ0v) is 10.1. The number of aryl methyl sites for hydroxylation is 1. The molecule has 3 rings (SSSR count). The van der Waals surface area contributed by atoms with Crippen LogP contribution in [0.2, 0.25) is 0 Å². The van der Waals surface area contributed by atoms with Gasteiger partial charge in [-0.1, -0.05) is 6.92 Å². The molecule has 0 N–H and O–H groups in total. The standard InChI is InChI=1S/C11H14N4S/c1-8-2-3-10-13-14-11(15(10)5-4-8)9-6-16-7-12-9/h6-8H,2-5H2,1H3. The van der Waals surface area contributed by atoms with Gasteiger partial charge in [0.25, 0.3) is 0 Å². The van der Waals surface area contributed by atoms with E-state index in [1.54, 1.807) is 11.3 Å².